The zero-order valence-corrected chi connectivity index (χ0v) is 13.4. The molecule has 1 aliphatic rings. The molecule has 0 saturated heterocycles. The van der Waals surface area contributed by atoms with Crippen LogP contribution in [0.15, 0.2) is 24.4 Å². The summed E-state index contributed by atoms with van der Waals surface area (Å²) in [5.74, 6) is 0. The second-order valence-corrected chi connectivity index (χ2v) is 7.35. The topological polar surface area (TPSA) is 12.9 Å². The second-order valence-electron chi connectivity index (χ2n) is 5.66. The maximum atomic E-state index is 6.61. The van der Waals surface area contributed by atoms with E-state index >= 15 is 0 Å². The SMILES string of the molecule is Cc1ccc(CC(Cl)c2cc3c(s2)CCCCC3)nc1. The van der Waals surface area contributed by atoms with Gasteiger partial charge >= 0.3 is 0 Å². The van der Waals surface area contributed by atoms with Gasteiger partial charge in [-0.1, -0.05) is 12.5 Å². The molecule has 3 heteroatoms. The van der Waals surface area contributed by atoms with Gasteiger partial charge < -0.3 is 0 Å². The van der Waals surface area contributed by atoms with Crippen molar-refractivity contribution in [3.05, 3.63) is 51.0 Å². The molecule has 0 fully saturated rings. The Morgan fingerprint density at radius 2 is 2.10 bits per heavy atom. The van der Waals surface area contributed by atoms with E-state index in [4.69, 9.17) is 11.6 Å². The first-order chi connectivity index (χ1) is 9.72. The lowest BCUT2D eigenvalue weighted by Gasteiger charge is -2.07. The summed E-state index contributed by atoms with van der Waals surface area (Å²) in [6.45, 7) is 2.06. The van der Waals surface area contributed by atoms with Crippen LogP contribution in [-0.2, 0) is 19.3 Å². The molecule has 3 rings (SSSR count). The van der Waals surface area contributed by atoms with Gasteiger partial charge in [0.1, 0.15) is 0 Å². The first-order valence-corrected chi connectivity index (χ1v) is 8.65. The van der Waals surface area contributed by atoms with E-state index in [0.717, 1.165) is 12.1 Å². The predicted molar refractivity (Wildman–Crippen MR) is 86.9 cm³/mol. The monoisotopic (exact) mass is 305 g/mol. The molecule has 0 bridgehead atoms. The summed E-state index contributed by atoms with van der Waals surface area (Å²) in [6.07, 6.45) is 9.25. The molecule has 2 aromatic rings. The smallest absolute Gasteiger partial charge is 0.0734 e. The quantitative estimate of drug-likeness (QED) is 0.558. The van der Waals surface area contributed by atoms with Crippen LogP contribution < -0.4 is 0 Å². The molecule has 0 radical (unpaired) electrons. The molecule has 1 atom stereocenters. The summed E-state index contributed by atoms with van der Waals surface area (Å²) in [7, 11) is 0. The number of pyridine rings is 1. The standard InChI is InChI=1S/C17H20ClNS/c1-12-7-8-14(19-11-12)10-15(18)17-9-13-5-3-2-4-6-16(13)20-17/h7-9,11,15H,2-6,10H2,1H3. The fourth-order valence-electron chi connectivity index (χ4n) is 2.75. The summed E-state index contributed by atoms with van der Waals surface area (Å²) < 4.78 is 0. The van der Waals surface area contributed by atoms with Gasteiger partial charge in [0.15, 0.2) is 0 Å². The molecular formula is C17H20ClNS. The highest BCUT2D eigenvalue weighted by Crippen LogP contribution is 2.36. The zero-order chi connectivity index (χ0) is 13.9. The van der Waals surface area contributed by atoms with Gasteiger partial charge in [-0.3, -0.25) is 4.98 Å². The molecule has 1 nitrogen and oxygen atoms in total. The fourth-order valence-corrected chi connectivity index (χ4v) is 4.34. The second kappa shape index (κ2) is 6.28. The fraction of sp³-hybridized carbons (Fsp3) is 0.471. The Hall–Kier alpha value is -0.860. The minimum atomic E-state index is 0.0575. The average Bonchev–Trinajstić information content (AvgIpc) is 2.73. The summed E-state index contributed by atoms with van der Waals surface area (Å²) in [4.78, 5) is 7.35. The third kappa shape index (κ3) is 3.24. The largest absolute Gasteiger partial charge is 0.261 e. The number of aryl methyl sites for hydroxylation is 3. The Bertz CT molecular complexity index is 550. The zero-order valence-electron chi connectivity index (χ0n) is 11.9. The van der Waals surface area contributed by atoms with E-state index < -0.39 is 0 Å². The van der Waals surface area contributed by atoms with Crippen LogP contribution in [0.4, 0.5) is 0 Å². The average molecular weight is 306 g/mol. The van der Waals surface area contributed by atoms with Crippen molar-refractivity contribution in [3.8, 4) is 0 Å². The van der Waals surface area contributed by atoms with Crippen molar-refractivity contribution in [2.75, 3.05) is 0 Å². The van der Waals surface area contributed by atoms with Gasteiger partial charge in [-0.25, -0.2) is 0 Å². The Labute approximate surface area is 130 Å². The van der Waals surface area contributed by atoms with Gasteiger partial charge in [0.25, 0.3) is 0 Å². The lowest BCUT2D eigenvalue weighted by Crippen LogP contribution is -1.96. The lowest BCUT2D eigenvalue weighted by atomic mass is 10.1. The molecular weight excluding hydrogens is 286 g/mol. The summed E-state index contributed by atoms with van der Waals surface area (Å²) >= 11 is 8.53. The molecule has 0 aliphatic heterocycles. The van der Waals surface area contributed by atoms with Gasteiger partial charge in [0, 0.05) is 28.1 Å². The highest BCUT2D eigenvalue weighted by Gasteiger charge is 2.17. The van der Waals surface area contributed by atoms with Crippen molar-refractivity contribution >= 4 is 22.9 Å². The normalized spacial score (nSPS) is 16.5. The Morgan fingerprint density at radius 1 is 1.25 bits per heavy atom. The van der Waals surface area contributed by atoms with Crippen LogP contribution in [0.5, 0.6) is 0 Å². The van der Waals surface area contributed by atoms with Crippen LogP contribution >= 0.6 is 22.9 Å². The van der Waals surface area contributed by atoms with Crippen LogP contribution in [-0.4, -0.2) is 4.98 Å². The number of rotatable bonds is 3. The highest BCUT2D eigenvalue weighted by atomic mass is 35.5. The molecule has 2 aromatic heterocycles. The Kier molecular flexibility index (Phi) is 4.42. The van der Waals surface area contributed by atoms with Crippen molar-refractivity contribution < 1.29 is 0 Å². The highest BCUT2D eigenvalue weighted by molar-refractivity contribution is 7.12. The molecule has 20 heavy (non-hydrogen) atoms. The number of halogens is 1. The van der Waals surface area contributed by atoms with Crippen LogP contribution in [0.2, 0.25) is 0 Å². The van der Waals surface area contributed by atoms with Crippen molar-refractivity contribution in [1.29, 1.82) is 0 Å². The maximum Gasteiger partial charge on any atom is 0.0734 e. The molecule has 0 N–H and O–H groups in total. The summed E-state index contributed by atoms with van der Waals surface area (Å²) in [5, 5.41) is 0.0575. The van der Waals surface area contributed by atoms with Gasteiger partial charge in [-0.15, -0.1) is 22.9 Å². The first kappa shape index (κ1) is 14.1. The van der Waals surface area contributed by atoms with Gasteiger partial charge in [0.05, 0.1) is 5.38 Å². The number of fused-ring (bicyclic) bond motifs is 1. The molecule has 0 spiro atoms. The number of hydrogen-bond donors (Lipinski definition) is 0. The van der Waals surface area contributed by atoms with Crippen LogP contribution in [0.1, 0.15) is 51.2 Å². The van der Waals surface area contributed by atoms with Crippen molar-refractivity contribution in [2.24, 2.45) is 0 Å². The molecule has 0 amide bonds. The van der Waals surface area contributed by atoms with Crippen molar-refractivity contribution in [2.45, 2.75) is 50.8 Å². The minimum Gasteiger partial charge on any atom is -0.261 e. The molecule has 106 valence electrons. The van der Waals surface area contributed by atoms with Gasteiger partial charge in [-0.05, 0) is 55.9 Å². The van der Waals surface area contributed by atoms with E-state index in [2.05, 4.69) is 30.1 Å². The molecule has 2 heterocycles. The van der Waals surface area contributed by atoms with E-state index in [0.29, 0.717) is 0 Å². The van der Waals surface area contributed by atoms with Gasteiger partial charge in [0.2, 0.25) is 0 Å². The lowest BCUT2D eigenvalue weighted by molar-refractivity contribution is 0.712. The van der Waals surface area contributed by atoms with E-state index in [1.165, 1.54) is 42.5 Å². The number of nitrogens with zero attached hydrogens (tertiary/aromatic N) is 1. The molecule has 0 saturated carbocycles. The van der Waals surface area contributed by atoms with Crippen molar-refractivity contribution in [1.82, 2.24) is 4.98 Å². The van der Waals surface area contributed by atoms with Crippen molar-refractivity contribution in [3.63, 3.8) is 0 Å². The van der Waals surface area contributed by atoms with Gasteiger partial charge in [-0.2, -0.15) is 0 Å². The number of alkyl halides is 1. The van der Waals surface area contributed by atoms with E-state index in [-0.39, 0.29) is 5.38 Å². The van der Waals surface area contributed by atoms with Crippen LogP contribution in [0, 0.1) is 6.92 Å². The summed E-state index contributed by atoms with van der Waals surface area (Å²) in [5.41, 5.74) is 3.83. The molecule has 0 aromatic carbocycles. The minimum absolute atomic E-state index is 0.0575. The third-order valence-corrected chi connectivity index (χ3v) is 5.80. The molecule has 1 unspecified atom stereocenters. The van der Waals surface area contributed by atoms with E-state index in [1.54, 1.807) is 10.4 Å². The first-order valence-electron chi connectivity index (χ1n) is 7.39. The van der Waals surface area contributed by atoms with Crippen LogP contribution in [0.3, 0.4) is 0 Å². The third-order valence-electron chi connectivity index (χ3n) is 3.94. The number of hydrogen-bond acceptors (Lipinski definition) is 2. The maximum absolute atomic E-state index is 6.61. The number of aromatic nitrogens is 1. The van der Waals surface area contributed by atoms with E-state index in [1.807, 2.05) is 17.5 Å². The Morgan fingerprint density at radius 3 is 2.90 bits per heavy atom. The number of thiophene rings is 1. The molecule has 1 aliphatic carbocycles. The Balaban J connectivity index is 1.73. The predicted octanol–water partition coefficient (Wildman–Crippen LogP) is 5.24. The van der Waals surface area contributed by atoms with E-state index in [9.17, 15) is 0 Å². The summed E-state index contributed by atoms with van der Waals surface area (Å²) in [6, 6.07) is 6.54. The van der Waals surface area contributed by atoms with Crippen LogP contribution in [0.25, 0.3) is 0 Å².